The highest BCUT2D eigenvalue weighted by atomic mass is 16.5. The number of aryl methyl sites for hydroxylation is 1. The maximum absolute atomic E-state index is 12.3. The van der Waals surface area contributed by atoms with Gasteiger partial charge in [-0.2, -0.15) is 0 Å². The second-order valence-electron chi connectivity index (χ2n) is 5.49. The molecular formula is C16H16N4O4. The minimum atomic E-state index is -0.665. The molecule has 24 heavy (non-hydrogen) atoms. The van der Waals surface area contributed by atoms with E-state index in [4.69, 9.17) is 4.52 Å². The van der Waals surface area contributed by atoms with Gasteiger partial charge < -0.3 is 15.2 Å². The summed E-state index contributed by atoms with van der Waals surface area (Å²) in [7, 11) is 0. The summed E-state index contributed by atoms with van der Waals surface area (Å²) in [6.07, 6.45) is 0.381. The Bertz CT molecular complexity index is 771. The van der Waals surface area contributed by atoms with Crippen LogP contribution in [0, 0.1) is 6.92 Å². The topological polar surface area (TPSA) is 105 Å². The lowest BCUT2D eigenvalue weighted by atomic mass is 10.1. The molecule has 1 aromatic carbocycles. The summed E-state index contributed by atoms with van der Waals surface area (Å²) in [5, 5.41) is 8.70. The molecule has 3 rings (SSSR count). The maximum Gasteiger partial charge on any atom is 0.325 e. The Labute approximate surface area is 137 Å². The lowest BCUT2D eigenvalue weighted by Crippen LogP contribution is -2.38. The number of benzene rings is 1. The van der Waals surface area contributed by atoms with Gasteiger partial charge in [-0.1, -0.05) is 35.5 Å². The summed E-state index contributed by atoms with van der Waals surface area (Å²) in [6.45, 7) is 1.32. The third-order valence-electron chi connectivity index (χ3n) is 3.59. The molecule has 1 saturated heterocycles. The van der Waals surface area contributed by atoms with Gasteiger partial charge in [-0.05, 0) is 12.5 Å². The molecule has 1 aliphatic heterocycles. The van der Waals surface area contributed by atoms with Crippen LogP contribution in [0.4, 0.5) is 10.6 Å². The number of imide groups is 1. The highest BCUT2D eigenvalue weighted by Gasteiger charge is 2.38. The summed E-state index contributed by atoms with van der Waals surface area (Å²) < 4.78 is 4.84. The lowest BCUT2D eigenvalue weighted by molar-refractivity contribution is -0.130. The zero-order chi connectivity index (χ0) is 17.1. The van der Waals surface area contributed by atoms with Crippen LogP contribution in [0.1, 0.15) is 11.3 Å². The number of carbonyl (C=O) groups excluding carboxylic acids is 3. The minimum absolute atomic E-state index is 0.241. The average Bonchev–Trinajstić information content (AvgIpc) is 3.07. The van der Waals surface area contributed by atoms with Crippen LogP contribution in [0.25, 0.3) is 0 Å². The number of rotatable bonds is 5. The molecule has 0 unspecified atom stereocenters. The number of hydrogen-bond donors (Lipinski definition) is 2. The van der Waals surface area contributed by atoms with Gasteiger partial charge in [0.1, 0.15) is 18.3 Å². The summed E-state index contributed by atoms with van der Waals surface area (Å²) in [4.78, 5) is 37.2. The molecule has 0 saturated carbocycles. The maximum atomic E-state index is 12.3. The number of anilines is 1. The second kappa shape index (κ2) is 6.53. The SMILES string of the molecule is Cc1cc(NC(=O)CN2C(=O)N[C@H](Cc3ccccc3)C2=O)no1. The number of aromatic nitrogens is 1. The van der Waals surface area contributed by atoms with E-state index in [1.807, 2.05) is 30.3 Å². The number of amides is 4. The molecular weight excluding hydrogens is 312 g/mol. The van der Waals surface area contributed by atoms with E-state index in [1.54, 1.807) is 13.0 Å². The van der Waals surface area contributed by atoms with E-state index in [-0.39, 0.29) is 12.4 Å². The van der Waals surface area contributed by atoms with Crippen molar-refractivity contribution in [2.45, 2.75) is 19.4 Å². The van der Waals surface area contributed by atoms with E-state index in [1.165, 1.54) is 0 Å². The van der Waals surface area contributed by atoms with Gasteiger partial charge in [0, 0.05) is 12.5 Å². The van der Waals surface area contributed by atoms with Crippen LogP contribution in [0.5, 0.6) is 0 Å². The summed E-state index contributed by atoms with van der Waals surface area (Å²) in [5.41, 5.74) is 0.931. The van der Waals surface area contributed by atoms with Crippen molar-refractivity contribution >= 4 is 23.7 Å². The number of nitrogens with zero attached hydrogens (tertiary/aromatic N) is 2. The van der Waals surface area contributed by atoms with E-state index in [0.29, 0.717) is 12.2 Å². The molecule has 0 bridgehead atoms. The number of carbonyl (C=O) groups is 3. The molecule has 1 aliphatic rings. The zero-order valence-electron chi connectivity index (χ0n) is 13.0. The van der Waals surface area contributed by atoms with Crippen LogP contribution >= 0.6 is 0 Å². The van der Waals surface area contributed by atoms with Crippen LogP contribution in [-0.2, 0) is 16.0 Å². The van der Waals surface area contributed by atoms with E-state index in [2.05, 4.69) is 15.8 Å². The molecule has 8 heteroatoms. The van der Waals surface area contributed by atoms with Crippen LogP contribution in [0.3, 0.4) is 0 Å². The summed E-state index contributed by atoms with van der Waals surface area (Å²) >= 11 is 0. The Morgan fingerprint density at radius 3 is 2.75 bits per heavy atom. The Kier molecular flexibility index (Phi) is 4.28. The Morgan fingerprint density at radius 1 is 1.33 bits per heavy atom. The van der Waals surface area contributed by atoms with Gasteiger partial charge in [-0.25, -0.2) is 4.79 Å². The predicted octanol–water partition coefficient (Wildman–Crippen LogP) is 1.08. The first-order chi connectivity index (χ1) is 11.5. The largest absolute Gasteiger partial charge is 0.360 e. The highest BCUT2D eigenvalue weighted by Crippen LogP contribution is 2.13. The molecule has 2 N–H and O–H groups in total. The highest BCUT2D eigenvalue weighted by molar-refractivity contribution is 6.07. The first kappa shape index (κ1) is 15.7. The van der Waals surface area contributed by atoms with Crippen molar-refractivity contribution in [1.29, 1.82) is 0 Å². The molecule has 4 amide bonds. The third-order valence-corrected chi connectivity index (χ3v) is 3.59. The quantitative estimate of drug-likeness (QED) is 0.799. The van der Waals surface area contributed by atoms with Gasteiger partial charge >= 0.3 is 6.03 Å². The molecule has 2 heterocycles. The predicted molar refractivity (Wildman–Crippen MR) is 84.0 cm³/mol. The van der Waals surface area contributed by atoms with E-state index < -0.39 is 23.9 Å². The van der Waals surface area contributed by atoms with Crippen LogP contribution < -0.4 is 10.6 Å². The molecule has 1 aromatic heterocycles. The van der Waals surface area contributed by atoms with Crippen molar-refractivity contribution in [3.05, 3.63) is 47.7 Å². The molecule has 0 aliphatic carbocycles. The number of nitrogens with one attached hydrogen (secondary N) is 2. The Morgan fingerprint density at radius 2 is 2.08 bits per heavy atom. The average molecular weight is 328 g/mol. The van der Waals surface area contributed by atoms with Gasteiger partial charge in [-0.15, -0.1) is 0 Å². The number of hydrogen-bond acceptors (Lipinski definition) is 5. The van der Waals surface area contributed by atoms with Crippen molar-refractivity contribution in [1.82, 2.24) is 15.4 Å². The monoisotopic (exact) mass is 328 g/mol. The van der Waals surface area contributed by atoms with Crippen molar-refractivity contribution in [3.63, 3.8) is 0 Å². The van der Waals surface area contributed by atoms with Gasteiger partial charge in [0.2, 0.25) is 5.91 Å². The van der Waals surface area contributed by atoms with Gasteiger partial charge in [0.25, 0.3) is 5.91 Å². The fourth-order valence-corrected chi connectivity index (χ4v) is 2.47. The van der Waals surface area contributed by atoms with Gasteiger partial charge in [0.05, 0.1) is 0 Å². The lowest BCUT2D eigenvalue weighted by Gasteiger charge is -2.12. The molecule has 1 atom stereocenters. The molecule has 8 nitrogen and oxygen atoms in total. The Hall–Kier alpha value is -3.16. The van der Waals surface area contributed by atoms with Crippen LogP contribution in [-0.4, -0.2) is 40.5 Å². The number of urea groups is 1. The van der Waals surface area contributed by atoms with Crippen LogP contribution in [0.2, 0.25) is 0 Å². The van der Waals surface area contributed by atoms with E-state index in [0.717, 1.165) is 10.5 Å². The summed E-state index contributed by atoms with van der Waals surface area (Å²) in [6, 6.07) is 9.66. The normalized spacial score (nSPS) is 17.0. The molecule has 2 aromatic rings. The zero-order valence-corrected chi connectivity index (χ0v) is 13.0. The van der Waals surface area contributed by atoms with E-state index in [9.17, 15) is 14.4 Å². The van der Waals surface area contributed by atoms with Crippen molar-refractivity contribution in [2.75, 3.05) is 11.9 Å². The van der Waals surface area contributed by atoms with E-state index >= 15 is 0 Å². The minimum Gasteiger partial charge on any atom is -0.360 e. The fourth-order valence-electron chi connectivity index (χ4n) is 2.47. The molecule has 0 radical (unpaired) electrons. The van der Waals surface area contributed by atoms with Crippen molar-refractivity contribution in [2.24, 2.45) is 0 Å². The van der Waals surface area contributed by atoms with Gasteiger partial charge in [-0.3, -0.25) is 14.5 Å². The first-order valence-electron chi connectivity index (χ1n) is 7.42. The molecule has 124 valence electrons. The van der Waals surface area contributed by atoms with Gasteiger partial charge in [0.15, 0.2) is 5.82 Å². The standard InChI is InChI=1S/C16H16N4O4/c1-10-7-13(19-24-10)18-14(21)9-20-15(22)12(17-16(20)23)8-11-5-3-2-4-6-11/h2-7,12H,8-9H2,1H3,(H,17,23)(H,18,19,21)/t12-/m1/s1. The summed E-state index contributed by atoms with van der Waals surface area (Å²) in [5.74, 6) is -0.156. The molecule has 1 fully saturated rings. The molecule has 0 spiro atoms. The van der Waals surface area contributed by atoms with Crippen molar-refractivity contribution < 1.29 is 18.9 Å². The fraction of sp³-hybridized carbons (Fsp3) is 0.250. The van der Waals surface area contributed by atoms with Crippen LogP contribution in [0.15, 0.2) is 40.9 Å². The smallest absolute Gasteiger partial charge is 0.325 e. The Balaban J connectivity index is 1.60. The first-order valence-corrected chi connectivity index (χ1v) is 7.42. The third kappa shape index (κ3) is 3.43. The van der Waals surface area contributed by atoms with Crippen molar-refractivity contribution in [3.8, 4) is 0 Å². The second-order valence-corrected chi connectivity index (χ2v) is 5.49.